The van der Waals surface area contributed by atoms with Gasteiger partial charge in [0.15, 0.2) is 11.0 Å². The van der Waals surface area contributed by atoms with Crippen LogP contribution in [0.4, 0.5) is 17.1 Å². The third-order valence-electron chi connectivity index (χ3n) is 14.0. The van der Waals surface area contributed by atoms with E-state index in [1.165, 1.54) is 50.3 Å². The van der Waals surface area contributed by atoms with E-state index in [9.17, 15) is 0 Å². The lowest BCUT2D eigenvalue weighted by molar-refractivity contribution is -0.567. The molecule has 0 spiro atoms. The molecular weight excluding hydrogens is 783 g/mol. The van der Waals surface area contributed by atoms with Crippen molar-refractivity contribution in [2.75, 3.05) is 4.90 Å². The highest BCUT2D eigenvalue weighted by Gasteiger charge is 2.46. The van der Waals surface area contributed by atoms with Crippen LogP contribution in [0.15, 0.2) is 176 Å². The molecule has 0 aliphatic carbocycles. The maximum atomic E-state index is 6.77. The zero-order valence-electron chi connectivity index (χ0n) is 37.4. The summed E-state index contributed by atoms with van der Waals surface area (Å²) in [5.41, 5.74) is 16.5. The Balaban J connectivity index is 0.970. The highest BCUT2D eigenvalue weighted by Crippen LogP contribution is 2.60. The zero-order valence-corrected chi connectivity index (χ0v) is 37.4. The van der Waals surface area contributed by atoms with Gasteiger partial charge in [0.25, 0.3) is 6.33 Å². The molecule has 6 nitrogen and oxygen atoms in total. The van der Waals surface area contributed by atoms with Crippen LogP contribution < -0.4 is 14.2 Å². The van der Waals surface area contributed by atoms with Gasteiger partial charge in [0.2, 0.25) is 0 Å². The smallest absolute Gasteiger partial charge is 0.255 e. The lowest BCUT2D eigenvalue weighted by atomic mass is 9.66. The van der Waals surface area contributed by atoms with Crippen LogP contribution in [0.2, 0.25) is 0 Å². The summed E-state index contributed by atoms with van der Waals surface area (Å²) in [7, 11) is 0. The quantitative estimate of drug-likeness (QED) is 0.162. The number of fused-ring (bicyclic) bond motifs is 8. The largest absolute Gasteiger partial charge is 0.457 e. The highest BCUT2D eigenvalue weighted by atomic mass is 16.5. The van der Waals surface area contributed by atoms with Crippen molar-refractivity contribution < 1.29 is 9.30 Å². The predicted molar refractivity (Wildman–Crippen MR) is 261 cm³/mol. The highest BCUT2D eigenvalue weighted by molar-refractivity contribution is 6.09. The van der Waals surface area contributed by atoms with E-state index in [2.05, 4.69) is 231 Å². The summed E-state index contributed by atoms with van der Waals surface area (Å²) in [5, 5.41) is 2.34. The first-order valence-electron chi connectivity index (χ1n) is 22.4. The van der Waals surface area contributed by atoms with Gasteiger partial charge in [-0.2, -0.15) is 9.13 Å². The minimum Gasteiger partial charge on any atom is -0.457 e. The standard InChI is InChI=1S/C58H50N5O/c1-56(2,3)37-29-30-59-54(31-37)62-48-22-11-8-19-42(48)43-28-27-41(35-53(43)62)64-40-18-16-17-38(32-40)60-36-61(52-26-15-14-25-51(52)60)39-33-46-55-47(34-39)58(6,7)45-21-10-13-24-50(45)63(55)49-23-12-9-20-44(49)57(46,4)5/h8-36H,1-7H3/q+1. The van der Waals surface area contributed by atoms with E-state index >= 15 is 0 Å². The van der Waals surface area contributed by atoms with Gasteiger partial charge < -0.3 is 9.64 Å². The molecule has 2 aliphatic heterocycles. The number of hydrogen-bond donors (Lipinski definition) is 0. The Labute approximate surface area is 374 Å². The summed E-state index contributed by atoms with van der Waals surface area (Å²) < 4.78 is 13.7. The van der Waals surface area contributed by atoms with Gasteiger partial charge in [0, 0.05) is 39.9 Å². The van der Waals surface area contributed by atoms with Crippen molar-refractivity contribution in [3.8, 4) is 28.7 Å². The van der Waals surface area contributed by atoms with Crippen LogP contribution in [0.1, 0.15) is 76.3 Å². The Bertz CT molecular complexity index is 3460. The van der Waals surface area contributed by atoms with Crippen molar-refractivity contribution in [3.05, 3.63) is 204 Å². The average molecular weight is 833 g/mol. The molecule has 10 aromatic rings. The van der Waals surface area contributed by atoms with Gasteiger partial charge in [0.05, 0.1) is 28.1 Å². The van der Waals surface area contributed by atoms with Crippen LogP contribution in [-0.2, 0) is 16.2 Å². The van der Waals surface area contributed by atoms with Crippen LogP contribution >= 0.6 is 0 Å². The van der Waals surface area contributed by atoms with Crippen molar-refractivity contribution in [1.29, 1.82) is 0 Å². The second-order valence-corrected chi connectivity index (χ2v) is 19.6. The topological polar surface area (TPSA) is 39.1 Å². The second kappa shape index (κ2) is 13.5. The molecule has 64 heavy (non-hydrogen) atoms. The van der Waals surface area contributed by atoms with E-state index in [0.717, 1.165) is 56.1 Å². The second-order valence-electron chi connectivity index (χ2n) is 19.6. The van der Waals surface area contributed by atoms with Crippen molar-refractivity contribution in [3.63, 3.8) is 0 Å². The van der Waals surface area contributed by atoms with Gasteiger partial charge in [0.1, 0.15) is 28.7 Å². The van der Waals surface area contributed by atoms with Crippen LogP contribution in [0.25, 0.3) is 50.0 Å². The summed E-state index contributed by atoms with van der Waals surface area (Å²) in [6.45, 7) is 16.3. The fourth-order valence-corrected chi connectivity index (χ4v) is 10.6. The lowest BCUT2D eigenvalue weighted by Crippen LogP contribution is -2.40. The molecule has 0 saturated heterocycles. The van der Waals surface area contributed by atoms with E-state index < -0.39 is 0 Å². The minimum absolute atomic E-state index is 0.00777. The van der Waals surface area contributed by atoms with Crippen LogP contribution in [-0.4, -0.2) is 14.1 Å². The number of para-hydroxylation sites is 5. The third-order valence-corrected chi connectivity index (χ3v) is 14.0. The molecule has 3 aromatic heterocycles. The first kappa shape index (κ1) is 38.3. The number of rotatable bonds is 5. The number of imidazole rings is 1. The Morgan fingerprint density at radius 1 is 0.547 bits per heavy atom. The Hall–Kier alpha value is -7.44. The number of ether oxygens (including phenoxy) is 1. The van der Waals surface area contributed by atoms with Crippen LogP contribution in [0.5, 0.6) is 11.5 Å². The van der Waals surface area contributed by atoms with Gasteiger partial charge in [-0.25, -0.2) is 4.98 Å². The molecule has 0 fully saturated rings. The number of pyridine rings is 1. The van der Waals surface area contributed by atoms with Gasteiger partial charge in [-0.05, 0) is 112 Å². The van der Waals surface area contributed by atoms with E-state index in [4.69, 9.17) is 9.72 Å². The molecule has 12 rings (SSSR count). The molecule has 0 N–H and O–H groups in total. The van der Waals surface area contributed by atoms with Gasteiger partial charge in [-0.1, -0.05) is 121 Å². The third kappa shape index (κ3) is 5.57. The number of aromatic nitrogens is 4. The van der Waals surface area contributed by atoms with E-state index in [1.54, 1.807) is 0 Å². The molecule has 0 atom stereocenters. The van der Waals surface area contributed by atoms with Crippen LogP contribution in [0.3, 0.4) is 0 Å². The maximum Gasteiger partial charge on any atom is 0.255 e. The van der Waals surface area contributed by atoms with Gasteiger partial charge in [-0.3, -0.25) is 4.57 Å². The molecule has 0 radical (unpaired) electrons. The SMILES string of the molecule is CC(C)(C)c1ccnc(-n2c3ccccc3c3ccc(Oc4cccc(-n5c[n+](-c6cc7c8c(c6)C(C)(C)c6ccccc6N8c6ccccc6C7(C)C)c6ccccc65)c4)cc32)c1. The van der Waals surface area contributed by atoms with E-state index in [0.29, 0.717) is 0 Å². The Morgan fingerprint density at radius 2 is 1.17 bits per heavy atom. The van der Waals surface area contributed by atoms with Crippen molar-refractivity contribution in [1.82, 2.24) is 14.1 Å². The zero-order chi connectivity index (χ0) is 43.7. The number of anilines is 3. The molecule has 312 valence electrons. The number of hydrogen-bond acceptors (Lipinski definition) is 3. The summed E-state index contributed by atoms with van der Waals surface area (Å²) in [4.78, 5) is 7.41. The molecule has 6 heteroatoms. The van der Waals surface area contributed by atoms with Crippen molar-refractivity contribution in [2.24, 2.45) is 0 Å². The molecule has 0 amide bonds. The summed E-state index contributed by atoms with van der Waals surface area (Å²) in [6.07, 6.45) is 4.17. The predicted octanol–water partition coefficient (Wildman–Crippen LogP) is 14.2. The van der Waals surface area contributed by atoms with Crippen molar-refractivity contribution >= 4 is 49.9 Å². The summed E-state index contributed by atoms with van der Waals surface area (Å²) in [5.74, 6) is 2.42. The first-order chi connectivity index (χ1) is 30.9. The molecule has 0 bridgehead atoms. The Kier molecular flexibility index (Phi) is 8.09. The normalized spacial score (nSPS) is 14.7. The molecule has 0 saturated carbocycles. The monoisotopic (exact) mass is 832 g/mol. The van der Waals surface area contributed by atoms with Crippen LogP contribution in [0, 0.1) is 0 Å². The van der Waals surface area contributed by atoms with E-state index in [-0.39, 0.29) is 16.2 Å². The molecule has 2 aliphatic rings. The number of nitrogens with zero attached hydrogens (tertiary/aromatic N) is 5. The van der Waals surface area contributed by atoms with E-state index in [1.807, 2.05) is 12.3 Å². The van der Waals surface area contributed by atoms with Crippen molar-refractivity contribution in [2.45, 2.75) is 64.7 Å². The molecule has 7 aromatic carbocycles. The molecule has 5 heterocycles. The minimum atomic E-state index is -0.232. The molecule has 0 unspecified atom stereocenters. The fourth-order valence-electron chi connectivity index (χ4n) is 10.6. The summed E-state index contributed by atoms with van der Waals surface area (Å²) in [6, 6.07) is 59.2. The van der Waals surface area contributed by atoms with Gasteiger partial charge in [-0.15, -0.1) is 0 Å². The molecular formula is C58H50N5O+. The fraction of sp³-hybridized carbons (Fsp3) is 0.172. The lowest BCUT2D eigenvalue weighted by Gasteiger charge is -2.49. The summed E-state index contributed by atoms with van der Waals surface area (Å²) >= 11 is 0. The van der Waals surface area contributed by atoms with Gasteiger partial charge >= 0.3 is 0 Å². The average Bonchev–Trinajstić information content (AvgIpc) is 3.85. The first-order valence-corrected chi connectivity index (χ1v) is 22.4. The maximum absolute atomic E-state index is 6.77. The Morgan fingerprint density at radius 3 is 1.89 bits per heavy atom. The number of benzene rings is 7.